The number of piperidine rings is 1. The summed E-state index contributed by atoms with van der Waals surface area (Å²) < 4.78 is 6.92. The fraction of sp³-hybridized carbons (Fsp3) is 0.333. The van der Waals surface area contributed by atoms with Crippen LogP contribution in [0.2, 0.25) is 0 Å². The van der Waals surface area contributed by atoms with E-state index in [0.29, 0.717) is 12.1 Å². The monoisotopic (exact) mass is 445 g/mol. The number of carbonyl (C=O) groups is 2. The van der Waals surface area contributed by atoms with Gasteiger partial charge >= 0.3 is 5.97 Å². The van der Waals surface area contributed by atoms with Gasteiger partial charge in [-0.25, -0.2) is 4.79 Å². The second kappa shape index (κ2) is 11.0. The van der Waals surface area contributed by atoms with Gasteiger partial charge in [0, 0.05) is 38.3 Å². The van der Waals surface area contributed by atoms with E-state index in [4.69, 9.17) is 4.74 Å². The van der Waals surface area contributed by atoms with Crippen molar-refractivity contribution in [3.05, 3.63) is 95.8 Å². The van der Waals surface area contributed by atoms with E-state index in [1.807, 2.05) is 77.5 Å². The van der Waals surface area contributed by atoms with Crippen LogP contribution in [0.25, 0.3) is 0 Å². The van der Waals surface area contributed by atoms with Crippen molar-refractivity contribution in [3.8, 4) is 0 Å². The zero-order valence-electron chi connectivity index (χ0n) is 19.0. The average molecular weight is 446 g/mol. The van der Waals surface area contributed by atoms with E-state index < -0.39 is 0 Å². The summed E-state index contributed by atoms with van der Waals surface area (Å²) in [5.74, 6) is -0.251. The standard InChI is InChI=1S/C27H31N3O3/c1-33-27(32)24-13-8-17-30(24)23-14-18-29(19-15-23)20-16-25(31)28-26(21-9-4-2-5-10-21)22-11-6-3-7-12-22/h2-13,17,23,26H,14-16,18-20H2,1H3,(H,28,31). The minimum Gasteiger partial charge on any atom is -0.464 e. The van der Waals surface area contributed by atoms with Gasteiger partial charge in [0.1, 0.15) is 5.69 Å². The van der Waals surface area contributed by atoms with E-state index >= 15 is 0 Å². The first-order chi connectivity index (χ1) is 16.2. The third-order valence-electron chi connectivity index (χ3n) is 6.35. The van der Waals surface area contributed by atoms with Crippen molar-refractivity contribution in [2.45, 2.75) is 31.3 Å². The number of nitrogens with one attached hydrogen (secondary N) is 1. The number of carbonyl (C=O) groups excluding carboxylic acids is 2. The van der Waals surface area contributed by atoms with Crippen LogP contribution in [-0.2, 0) is 9.53 Å². The third kappa shape index (κ3) is 5.71. The van der Waals surface area contributed by atoms with E-state index in [0.717, 1.165) is 43.6 Å². The normalized spacial score (nSPS) is 14.8. The molecule has 6 heteroatoms. The Bertz CT molecular complexity index is 1000. The van der Waals surface area contributed by atoms with Crippen molar-refractivity contribution >= 4 is 11.9 Å². The third-order valence-corrected chi connectivity index (χ3v) is 6.35. The Kier molecular flexibility index (Phi) is 7.58. The Labute approximate surface area is 195 Å². The van der Waals surface area contributed by atoms with E-state index in [9.17, 15) is 9.59 Å². The summed E-state index contributed by atoms with van der Waals surface area (Å²) in [7, 11) is 1.41. The molecule has 0 bridgehead atoms. The number of hydrogen-bond acceptors (Lipinski definition) is 4. The molecule has 4 rings (SSSR count). The average Bonchev–Trinajstić information content (AvgIpc) is 3.37. The van der Waals surface area contributed by atoms with Crippen molar-refractivity contribution in [1.82, 2.24) is 14.8 Å². The molecule has 1 aliphatic rings. The lowest BCUT2D eigenvalue weighted by Crippen LogP contribution is -2.38. The molecule has 0 unspecified atom stereocenters. The zero-order valence-corrected chi connectivity index (χ0v) is 19.0. The SMILES string of the molecule is COC(=O)c1cccn1C1CCN(CCC(=O)NC(c2ccccc2)c2ccccc2)CC1. The maximum atomic E-state index is 12.9. The van der Waals surface area contributed by atoms with Crippen LogP contribution in [0.4, 0.5) is 0 Å². The minimum atomic E-state index is -0.300. The molecule has 1 amide bonds. The van der Waals surface area contributed by atoms with Gasteiger partial charge in [0.05, 0.1) is 13.2 Å². The van der Waals surface area contributed by atoms with E-state index in [1.165, 1.54) is 7.11 Å². The summed E-state index contributed by atoms with van der Waals surface area (Å²) in [6.07, 6.45) is 4.29. The number of methoxy groups -OCH3 is 1. The lowest BCUT2D eigenvalue weighted by molar-refractivity contribution is -0.122. The quantitative estimate of drug-likeness (QED) is 0.528. The molecule has 1 fully saturated rings. The molecule has 1 aliphatic heterocycles. The lowest BCUT2D eigenvalue weighted by Gasteiger charge is -2.33. The fourth-order valence-corrected chi connectivity index (χ4v) is 4.55. The van der Waals surface area contributed by atoms with E-state index in [2.05, 4.69) is 10.2 Å². The van der Waals surface area contributed by atoms with Gasteiger partial charge in [-0.05, 0) is 36.1 Å². The summed E-state index contributed by atoms with van der Waals surface area (Å²) in [4.78, 5) is 27.2. The molecule has 172 valence electrons. The summed E-state index contributed by atoms with van der Waals surface area (Å²) >= 11 is 0. The Morgan fingerprint density at radius 3 is 2.12 bits per heavy atom. The van der Waals surface area contributed by atoms with Gasteiger partial charge in [0.15, 0.2) is 0 Å². The largest absolute Gasteiger partial charge is 0.464 e. The molecular formula is C27H31N3O3. The highest BCUT2D eigenvalue weighted by Crippen LogP contribution is 2.25. The van der Waals surface area contributed by atoms with Crippen molar-refractivity contribution in [2.24, 2.45) is 0 Å². The van der Waals surface area contributed by atoms with Gasteiger partial charge in [-0.15, -0.1) is 0 Å². The van der Waals surface area contributed by atoms with Gasteiger partial charge in [-0.1, -0.05) is 60.7 Å². The van der Waals surface area contributed by atoms with Crippen molar-refractivity contribution < 1.29 is 14.3 Å². The number of amides is 1. The van der Waals surface area contributed by atoms with Crippen LogP contribution >= 0.6 is 0 Å². The number of benzene rings is 2. The van der Waals surface area contributed by atoms with E-state index in [1.54, 1.807) is 6.07 Å². The van der Waals surface area contributed by atoms with Crippen LogP contribution < -0.4 is 5.32 Å². The Hall–Kier alpha value is -3.38. The number of nitrogens with zero attached hydrogens (tertiary/aromatic N) is 2. The predicted octanol–water partition coefficient (Wildman–Crippen LogP) is 4.21. The number of hydrogen-bond donors (Lipinski definition) is 1. The molecule has 0 spiro atoms. The molecule has 0 aliphatic carbocycles. The first kappa shape index (κ1) is 22.8. The number of likely N-dealkylation sites (tertiary alicyclic amines) is 1. The number of aromatic nitrogens is 1. The molecule has 1 N–H and O–H groups in total. The Morgan fingerprint density at radius 2 is 1.55 bits per heavy atom. The van der Waals surface area contributed by atoms with Crippen LogP contribution in [0.1, 0.15) is 53.0 Å². The maximum Gasteiger partial charge on any atom is 0.354 e. The predicted molar refractivity (Wildman–Crippen MR) is 128 cm³/mol. The van der Waals surface area contributed by atoms with Gasteiger partial charge in [0.2, 0.25) is 5.91 Å². The Balaban J connectivity index is 1.30. The summed E-state index contributed by atoms with van der Waals surface area (Å²) in [5.41, 5.74) is 2.75. The van der Waals surface area contributed by atoms with Crippen LogP contribution in [0.15, 0.2) is 79.0 Å². The first-order valence-corrected chi connectivity index (χ1v) is 11.5. The van der Waals surface area contributed by atoms with Gasteiger partial charge < -0.3 is 19.5 Å². The molecule has 33 heavy (non-hydrogen) atoms. The summed E-state index contributed by atoms with van der Waals surface area (Å²) in [6.45, 7) is 2.53. The van der Waals surface area contributed by atoms with Crippen molar-refractivity contribution in [2.75, 3.05) is 26.7 Å². The molecule has 1 aromatic heterocycles. The lowest BCUT2D eigenvalue weighted by atomic mass is 9.98. The van der Waals surface area contributed by atoms with E-state index in [-0.39, 0.29) is 24.0 Å². The maximum absolute atomic E-state index is 12.9. The zero-order chi connectivity index (χ0) is 23.0. The van der Waals surface area contributed by atoms with Gasteiger partial charge in [-0.2, -0.15) is 0 Å². The van der Waals surface area contributed by atoms with Crippen molar-refractivity contribution in [1.29, 1.82) is 0 Å². The van der Waals surface area contributed by atoms with Crippen molar-refractivity contribution in [3.63, 3.8) is 0 Å². The number of rotatable bonds is 8. The smallest absolute Gasteiger partial charge is 0.354 e. The summed E-state index contributed by atoms with van der Waals surface area (Å²) in [5, 5.41) is 3.23. The molecule has 0 radical (unpaired) electrons. The van der Waals surface area contributed by atoms with Gasteiger partial charge in [0.25, 0.3) is 0 Å². The number of esters is 1. The molecule has 2 heterocycles. The second-order valence-electron chi connectivity index (χ2n) is 8.44. The molecule has 3 aromatic rings. The van der Waals surface area contributed by atoms with Crippen LogP contribution in [0.5, 0.6) is 0 Å². The second-order valence-corrected chi connectivity index (χ2v) is 8.44. The molecule has 1 saturated heterocycles. The molecule has 6 nitrogen and oxygen atoms in total. The molecule has 0 saturated carbocycles. The molecule has 0 atom stereocenters. The summed E-state index contributed by atoms with van der Waals surface area (Å²) in [6, 6.07) is 24.0. The highest BCUT2D eigenvalue weighted by atomic mass is 16.5. The molecule has 2 aromatic carbocycles. The van der Waals surface area contributed by atoms with Crippen LogP contribution in [-0.4, -0.2) is 48.1 Å². The highest BCUT2D eigenvalue weighted by Gasteiger charge is 2.24. The topological polar surface area (TPSA) is 63.6 Å². The Morgan fingerprint density at radius 1 is 0.939 bits per heavy atom. The van der Waals surface area contributed by atoms with Crippen LogP contribution in [0.3, 0.4) is 0 Å². The first-order valence-electron chi connectivity index (χ1n) is 11.5. The fourth-order valence-electron chi connectivity index (χ4n) is 4.55. The molecular weight excluding hydrogens is 414 g/mol. The van der Waals surface area contributed by atoms with Crippen LogP contribution in [0, 0.1) is 0 Å². The highest BCUT2D eigenvalue weighted by molar-refractivity contribution is 5.87. The number of ether oxygens (including phenoxy) is 1. The van der Waals surface area contributed by atoms with Gasteiger partial charge in [-0.3, -0.25) is 4.79 Å². The minimum absolute atomic E-state index is 0.0493.